The zero-order valence-corrected chi connectivity index (χ0v) is 14.9. The Kier molecular flexibility index (Phi) is 5.90. The number of ether oxygens (including phenoxy) is 1. The van der Waals surface area contributed by atoms with Crippen LogP contribution in [0.5, 0.6) is 0 Å². The van der Waals surface area contributed by atoms with Crippen molar-refractivity contribution in [2.24, 2.45) is 0 Å². The third-order valence-corrected chi connectivity index (χ3v) is 4.50. The first kappa shape index (κ1) is 17.4. The number of hydrogen-bond donors (Lipinski definition) is 0. The molecule has 3 atom stereocenters. The largest absolute Gasteiger partial charge is 1.00 e. The van der Waals surface area contributed by atoms with Crippen molar-refractivity contribution < 1.29 is 47.9 Å². The number of nitrogens with zero attached hydrogens (tertiary/aromatic N) is 1. The Hall–Kier alpha value is 0.380. The Morgan fingerprint density at radius 1 is 1.26 bits per heavy atom. The summed E-state index contributed by atoms with van der Waals surface area (Å²) < 4.78 is 27.5. The third kappa shape index (κ3) is 4.17. The minimum absolute atomic E-state index is 0. The molecule has 2 saturated heterocycles. The van der Waals surface area contributed by atoms with Gasteiger partial charge in [-0.05, 0) is 46.5 Å². The van der Waals surface area contributed by atoms with E-state index in [1.54, 1.807) is 4.90 Å². The van der Waals surface area contributed by atoms with Gasteiger partial charge in [0.1, 0.15) is 5.60 Å². The second-order valence-electron chi connectivity index (χ2n) is 6.13. The molecule has 5 nitrogen and oxygen atoms in total. The molecular weight excluding hydrogens is 277 g/mol. The zero-order chi connectivity index (χ0) is 13.5. The summed E-state index contributed by atoms with van der Waals surface area (Å²) in [5.74, 6) is 0. The first-order valence-electron chi connectivity index (χ1n) is 6.37. The Morgan fingerprint density at radius 3 is 2.11 bits per heavy atom. The van der Waals surface area contributed by atoms with Gasteiger partial charge in [0, 0.05) is 17.3 Å². The summed E-state index contributed by atoms with van der Waals surface area (Å²) in [6.07, 6.45) is 2.57. The molecule has 3 unspecified atom stereocenters. The fourth-order valence-electron chi connectivity index (χ4n) is 2.90. The predicted octanol–water partition coefficient (Wildman–Crippen LogP) is -1.20. The van der Waals surface area contributed by atoms with E-state index in [9.17, 15) is 13.6 Å². The standard InChI is InChI=1S/C12H21NO4S.Na/c1-12(2,3)17-11(14)13-8-4-5-9(13)7-10(6-8)18(15)16;/h8-10H,4-7H2,1-3H3,(H,15,16);/q;+1/p-1. The molecule has 0 aromatic rings. The monoisotopic (exact) mass is 297 g/mol. The predicted molar refractivity (Wildman–Crippen MR) is 66.8 cm³/mol. The van der Waals surface area contributed by atoms with Crippen molar-refractivity contribution in [3.05, 3.63) is 0 Å². The van der Waals surface area contributed by atoms with Crippen molar-refractivity contribution in [1.29, 1.82) is 0 Å². The molecule has 2 aliphatic rings. The van der Waals surface area contributed by atoms with E-state index in [4.69, 9.17) is 4.74 Å². The van der Waals surface area contributed by atoms with Crippen molar-refractivity contribution in [2.45, 2.75) is 69.4 Å². The molecular formula is C12H20NNaO4S. The molecule has 1 amide bonds. The molecule has 0 aromatic heterocycles. The van der Waals surface area contributed by atoms with E-state index in [0.29, 0.717) is 12.8 Å². The smallest absolute Gasteiger partial charge is 0.772 e. The van der Waals surface area contributed by atoms with Crippen LogP contribution < -0.4 is 29.6 Å². The van der Waals surface area contributed by atoms with Crippen LogP contribution in [0.3, 0.4) is 0 Å². The number of carbonyl (C=O) groups is 1. The average molecular weight is 297 g/mol. The second kappa shape index (κ2) is 6.43. The molecule has 0 N–H and O–H groups in total. The van der Waals surface area contributed by atoms with Crippen molar-refractivity contribution >= 4 is 17.2 Å². The third-order valence-electron chi connectivity index (χ3n) is 3.57. The van der Waals surface area contributed by atoms with Crippen LogP contribution in [0.4, 0.5) is 4.79 Å². The number of carbonyl (C=O) groups excluding carboxylic acids is 1. The maximum Gasteiger partial charge on any atom is 1.00 e. The van der Waals surface area contributed by atoms with Gasteiger partial charge in [0.05, 0.1) is 0 Å². The molecule has 0 radical (unpaired) electrons. The number of amides is 1. The molecule has 104 valence electrons. The van der Waals surface area contributed by atoms with Gasteiger partial charge in [0.15, 0.2) is 0 Å². The summed E-state index contributed by atoms with van der Waals surface area (Å²) in [6, 6.07) is 0.0583. The zero-order valence-electron chi connectivity index (χ0n) is 12.0. The molecule has 0 aliphatic carbocycles. The van der Waals surface area contributed by atoms with Gasteiger partial charge >= 0.3 is 35.7 Å². The van der Waals surface area contributed by atoms with Gasteiger partial charge in [0.25, 0.3) is 0 Å². The Morgan fingerprint density at radius 2 is 1.74 bits per heavy atom. The van der Waals surface area contributed by atoms with Crippen molar-refractivity contribution in [1.82, 2.24) is 4.90 Å². The van der Waals surface area contributed by atoms with Gasteiger partial charge in [-0.2, -0.15) is 0 Å². The molecule has 0 aromatic carbocycles. The number of hydrogen-bond acceptors (Lipinski definition) is 4. The van der Waals surface area contributed by atoms with Crippen molar-refractivity contribution in [3.63, 3.8) is 0 Å². The van der Waals surface area contributed by atoms with Gasteiger partial charge in [-0.3, -0.25) is 4.21 Å². The van der Waals surface area contributed by atoms with E-state index in [-0.39, 0.29) is 53.0 Å². The van der Waals surface area contributed by atoms with E-state index >= 15 is 0 Å². The summed E-state index contributed by atoms with van der Waals surface area (Å²) in [4.78, 5) is 13.9. The molecule has 2 heterocycles. The van der Waals surface area contributed by atoms with Crippen LogP contribution in [0.15, 0.2) is 0 Å². The second-order valence-corrected chi connectivity index (χ2v) is 7.31. The summed E-state index contributed by atoms with van der Waals surface area (Å²) in [7, 11) is 0. The number of rotatable bonds is 1. The topological polar surface area (TPSA) is 69.7 Å². The van der Waals surface area contributed by atoms with E-state index in [1.165, 1.54) is 0 Å². The maximum atomic E-state index is 12.1. The van der Waals surface area contributed by atoms with Gasteiger partial charge in [-0.15, -0.1) is 0 Å². The van der Waals surface area contributed by atoms with E-state index in [1.807, 2.05) is 20.8 Å². The fraction of sp³-hybridized carbons (Fsp3) is 0.917. The van der Waals surface area contributed by atoms with Crippen LogP contribution in [-0.2, 0) is 15.8 Å². The van der Waals surface area contributed by atoms with Crippen molar-refractivity contribution in [2.75, 3.05) is 0 Å². The molecule has 19 heavy (non-hydrogen) atoms. The Bertz CT molecular complexity index is 357. The summed E-state index contributed by atoms with van der Waals surface area (Å²) >= 11 is -2.03. The molecule has 2 aliphatic heterocycles. The SMILES string of the molecule is CC(C)(C)OC(=O)N1C2CCC1CC(S(=O)[O-])C2.[Na+]. The molecule has 0 spiro atoms. The van der Waals surface area contributed by atoms with Crippen molar-refractivity contribution in [3.8, 4) is 0 Å². The van der Waals surface area contributed by atoms with Gasteiger partial charge < -0.3 is 14.2 Å². The van der Waals surface area contributed by atoms with E-state index in [0.717, 1.165) is 12.8 Å². The fourth-order valence-corrected chi connectivity index (χ4v) is 3.66. The minimum Gasteiger partial charge on any atom is -0.772 e. The van der Waals surface area contributed by atoms with Crippen LogP contribution in [-0.4, -0.2) is 42.7 Å². The normalized spacial score (nSPS) is 31.6. The Labute approximate surface area is 139 Å². The summed E-state index contributed by atoms with van der Waals surface area (Å²) in [5.41, 5.74) is -0.505. The summed E-state index contributed by atoms with van der Waals surface area (Å²) in [5, 5.41) is -0.304. The molecule has 2 bridgehead atoms. The quantitative estimate of drug-likeness (QED) is 0.450. The van der Waals surface area contributed by atoms with Crippen LogP contribution in [0.2, 0.25) is 0 Å². The van der Waals surface area contributed by atoms with Gasteiger partial charge in [-0.1, -0.05) is 11.1 Å². The average Bonchev–Trinajstić information content (AvgIpc) is 2.47. The number of fused-ring (bicyclic) bond motifs is 2. The van der Waals surface area contributed by atoms with E-state index in [2.05, 4.69) is 0 Å². The molecule has 2 rings (SSSR count). The maximum absolute atomic E-state index is 12.1. The number of piperidine rings is 1. The van der Waals surface area contributed by atoms with Gasteiger partial charge in [-0.25, -0.2) is 4.79 Å². The summed E-state index contributed by atoms with van der Waals surface area (Å²) in [6.45, 7) is 5.52. The first-order valence-corrected chi connectivity index (χ1v) is 7.51. The van der Waals surface area contributed by atoms with Crippen LogP contribution in [0.1, 0.15) is 46.5 Å². The minimum atomic E-state index is -2.03. The first-order chi connectivity index (χ1) is 8.28. The van der Waals surface area contributed by atoms with Gasteiger partial charge in [0.2, 0.25) is 0 Å². The van der Waals surface area contributed by atoms with Crippen LogP contribution >= 0.6 is 0 Å². The molecule has 2 fully saturated rings. The van der Waals surface area contributed by atoms with E-state index < -0.39 is 16.7 Å². The van der Waals surface area contributed by atoms with Crippen LogP contribution in [0.25, 0.3) is 0 Å². The molecule has 7 heteroatoms. The molecule has 0 saturated carbocycles. The van der Waals surface area contributed by atoms with Crippen LogP contribution in [0, 0.1) is 0 Å². The Balaban J connectivity index is 0.00000180.